The molecule has 2 aromatic rings. The number of hydrogen-bond acceptors (Lipinski definition) is 5. The van der Waals surface area contributed by atoms with Crippen LogP contribution >= 0.6 is 15.9 Å². The number of aromatic nitrogens is 1. The number of pyridine rings is 1. The first kappa shape index (κ1) is 15.5. The summed E-state index contributed by atoms with van der Waals surface area (Å²) in [5.41, 5.74) is 4.62. The summed E-state index contributed by atoms with van der Waals surface area (Å²) in [6.07, 6.45) is 5.88. The fraction of sp³-hybridized carbons (Fsp3) is 0.278. The zero-order valence-electron chi connectivity index (χ0n) is 13.3. The monoisotopic (exact) mass is 386 g/mol. The van der Waals surface area contributed by atoms with E-state index in [1.807, 2.05) is 12.4 Å². The zero-order valence-corrected chi connectivity index (χ0v) is 14.8. The van der Waals surface area contributed by atoms with E-state index >= 15 is 0 Å². The van der Waals surface area contributed by atoms with Gasteiger partial charge in [0, 0.05) is 52.8 Å². The van der Waals surface area contributed by atoms with Gasteiger partial charge in [0.05, 0.1) is 13.2 Å². The summed E-state index contributed by atoms with van der Waals surface area (Å²) in [6, 6.07) is 8.51. The van der Waals surface area contributed by atoms with Gasteiger partial charge in [-0.3, -0.25) is 0 Å². The van der Waals surface area contributed by atoms with Crippen molar-refractivity contribution in [1.82, 2.24) is 10.3 Å². The van der Waals surface area contributed by atoms with Crippen molar-refractivity contribution in [2.24, 2.45) is 0 Å². The van der Waals surface area contributed by atoms with E-state index in [0.29, 0.717) is 0 Å². The van der Waals surface area contributed by atoms with E-state index in [9.17, 15) is 0 Å². The van der Waals surface area contributed by atoms with E-state index < -0.39 is 0 Å². The Kier molecular flexibility index (Phi) is 4.40. The summed E-state index contributed by atoms with van der Waals surface area (Å²) in [5, 5.41) is 6.69. The summed E-state index contributed by atoms with van der Waals surface area (Å²) in [5.74, 6) is 0.893. The number of fused-ring (bicyclic) bond motifs is 1. The third-order valence-corrected chi connectivity index (χ3v) is 4.96. The zero-order chi connectivity index (χ0) is 16.4. The van der Waals surface area contributed by atoms with Gasteiger partial charge >= 0.3 is 0 Å². The van der Waals surface area contributed by atoms with E-state index in [2.05, 4.69) is 66.8 Å². The van der Waals surface area contributed by atoms with Gasteiger partial charge in [0.25, 0.3) is 0 Å². The Balaban J connectivity index is 1.54. The quantitative estimate of drug-likeness (QED) is 0.845. The van der Waals surface area contributed by atoms with Crippen molar-refractivity contribution in [1.29, 1.82) is 0 Å². The van der Waals surface area contributed by atoms with Crippen molar-refractivity contribution in [2.75, 3.05) is 36.5 Å². The third kappa shape index (κ3) is 3.12. The molecular weight excluding hydrogens is 368 g/mol. The van der Waals surface area contributed by atoms with Crippen LogP contribution in [0.15, 0.2) is 41.1 Å². The lowest BCUT2D eigenvalue weighted by atomic mass is 10.1. The van der Waals surface area contributed by atoms with Crippen molar-refractivity contribution < 1.29 is 4.74 Å². The molecule has 2 aliphatic heterocycles. The minimum absolute atomic E-state index is 0.770. The summed E-state index contributed by atoms with van der Waals surface area (Å²) in [6.45, 7) is 4.27. The summed E-state index contributed by atoms with van der Waals surface area (Å²) >= 11 is 3.57. The molecule has 24 heavy (non-hydrogen) atoms. The Labute approximate surface area is 149 Å². The third-order valence-electron chi connectivity index (χ3n) is 4.33. The lowest BCUT2D eigenvalue weighted by Gasteiger charge is -2.29. The first-order valence-electron chi connectivity index (χ1n) is 8.08. The SMILES string of the molecule is Brc1cnc(Nc2ccc(N3CCOCC3)cc2)c2c1C=CNC2. The smallest absolute Gasteiger partial charge is 0.136 e. The number of rotatable bonds is 3. The van der Waals surface area contributed by atoms with Crippen LogP contribution in [-0.4, -0.2) is 31.3 Å². The second-order valence-electron chi connectivity index (χ2n) is 5.83. The Bertz CT molecular complexity index is 754. The van der Waals surface area contributed by atoms with Crippen LogP contribution in [0.2, 0.25) is 0 Å². The molecule has 0 atom stereocenters. The number of ether oxygens (including phenoxy) is 1. The minimum Gasteiger partial charge on any atom is -0.387 e. The number of morpholine rings is 1. The van der Waals surface area contributed by atoms with Crippen LogP contribution < -0.4 is 15.5 Å². The summed E-state index contributed by atoms with van der Waals surface area (Å²) in [7, 11) is 0. The molecule has 124 valence electrons. The van der Waals surface area contributed by atoms with Crippen LogP contribution in [-0.2, 0) is 11.3 Å². The van der Waals surface area contributed by atoms with Crippen LogP contribution in [0.3, 0.4) is 0 Å². The normalized spacial score (nSPS) is 16.5. The number of hydrogen-bond donors (Lipinski definition) is 2. The Morgan fingerprint density at radius 2 is 1.96 bits per heavy atom. The van der Waals surface area contributed by atoms with Crippen LogP contribution in [0.5, 0.6) is 0 Å². The maximum Gasteiger partial charge on any atom is 0.136 e. The fourth-order valence-electron chi connectivity index (χ4n) is 3.02. The standard InChI is InChI=1S/C18H19BrN4O/c19-17-12-21-18(16-11-20-6-5-15(16)17)22-13-1-3-14(4-2-13)23-7-9-24-10-8-23/h1-6,12,20H,7-11H2,(H,21,22). The van der Waals surface area contributed by atoms with Gasteiger partial charge in [0.15, 0.2) is 0 Å². The van der Waals surface area contributed by atoms with E-state index in [0.717, 1.165) is 48.8 Å². The van der Waals surface area contributed by atoms with Gasteiger partial charge in [-0.05, 0) is 52.5 Å². The molecule has 5 nitrogen and oxygen atoms in total. The van der Waals surface area contributed by atoms with E-state index in [1.165, 1.54) is 16.8 Å². The van der Waals surface area contributed by atoms with Crippen LogP contribution in [0.25, 0.3) is 6.08 Å². The molecule has 4 rings (SSSR count). The van der Waals surface area contributed by atoms with Gasteiger partial charge < -0.3 is 20.3 Å². The molecule has 6 heteroatoms. The van der Waals surface area contributed by atoms with Gasteiger partial charge in [-0.1, -0.05) is 0 Å². The number of anilines is 3. The van der Waals surface area contributed by atoms with Gasteiger partial charge in [-0.25, -0.2) is 4.98 Å². The molecule has 2 N–H and O–H groups in total. The molecule has 1 aromatic heterocycles. The van der Waals surface area contributed by atoms with Gasteiger partial charge in [-0.2, -0.15) is 0 Å². The van der Waals surface area contributed by atoms with Crippen molar-refractivity contribution in [3.63, 3.8) is 0 Å². The second kappa shape index (κ2) is 6.83. The Morgan fingerprint density at radius 1 is 1.17 bits per heavy atom. The topological polar surface area (TPSA) is 49.4 Å². The fourth-order valence-corrected chi connectivity index (χ4v) is 3.50. The van der Waals surface area contributed by atoms with E-state index in [1.54, 1.807) is 0 Å². The molecule has 0 spiro atoms. The summed E-state index contributed by atoms with van der Waals surface area (Å²) in [4.78, 5) is 6.89. The maximum atomic E-state index is 5.41. The number of nitrogens with one attached hydrogen (secondary N) is 2. The van der Waals surface area contributed by atoms with Crippen molar-refractivity contribution in [3.05, 3.63) is 52.3 Å². The molecule has 0 unspecified atom stereocenters. The molecule has 0 radical (unpaired) electrons. The van der Waals surface area contributed by atoms with E-state index in [4.69, 9.17) is 4.74 Å². The number of halogens is 1. The first-order valence-corrected chi connectivity index (χ1v) is 8.88. The summed E-state index contributed by atoms with van der Waals surface area (Å²) < 4.78 is 6.43. The Morgan fingerprint density at radius 3 is 2.75 bits per heavy atom. The maximum absolute atomic E-state index is 5.41. The first-order chi connectivity index (χ1) is 11.8. The highest BCUT2D eigenvalue weighted by Crippen LogP contribution is 2.30. The molecule has 1 aromatic carbocycles. The molecule has 1 fully saturated rings. The highest BCUT2D eigenvalue weighted by Gasteiger charge is 2.15. The van der Waals surface area contributed by atoms with Gasteiger partial charge in [0.1, 0.15) is 5.82 Å². The predicted molar refractivity (Wildman–Crippen MR) is 101 cm³/mol. The van der Waals surface area contributed by atoms with Gasteiger partial charge in [0.2, 0.25) is 0 Å². The lowest BCUT2D eigenvalue weighted by Crippen LogP contribution is -2.36. The molecule has 3 heterocycles. The molecule has 0 aliphatic carbocycles. The van der Waals surface area contributed by atoms with Gasteiger partial charge in [-0.15, -0.1) is 0 Å². The van der Waals surface area contributed by atoms with Crippen molar-refractivity contribution in [2.45, 2.75) is 6.54 Å². The lowest BCUT2D eigenvalue weighted by molar-refractivity contribution is 0.122. The minimum atomic E-state index is 0.770. The highest BCUT2D eigenvalue weighted by atomic mass is 79.9. The number of nitrogens with zero attached hydrogens (tertiary/aromatic N) is 2. The molecule has 1 saturated heterocycles. The average molecular weight is 387 g/mol. The van der Waals surface area contributed by atoms with Crippen LogP contribution in [0, 0.1) is 0 Å². The highest BCUT2D eigenvalue weighted by molar-refractivity contribution is 9.10. The Hall–Kier alpha value is -2.05. The number of benzene rings is 1. The van der Waals surface area contributed by atoms with Crippen molar-refractivity contribution >= 4 is 39.2 Å². The molecule has 0 saturated carbocycles. The molecule has 2 aliphatic rings. The van der Waals surface area contributed by atoms with E-state index in [-0.39, 0.29) is 0 Å². The largest absolute Gasteiger partial charge is 0.387 e. The average Bonchev–Trinajstić information content (AvgIpc) is 2.66. The molecule has 0 amide bonds. The predicted octanol–water partition coefficient (Wildman–Crippen LogP) is 3.50. The van der Waals surface area contributed by atoms with Crippen LogP contribution in [0.4, 0.5) is 17.2 Å². The van der Waals surface area contributed by atoms with Crippen LogP contribution in [0.1, 0.15) is 11.1 Å². The second-order valence-corrected chi connectivity index (χ2v) is 6.69. The molecule has 0 bridgehead atoms. The molecular formula is C18H19BrN4O. The van der Waals surface area contributed by atoms with Crippen molar-refractivity contribution in [3.8, 4) is 0 Å².